The number of hydrogen-bond acceptors (Lipinski definition) is 4. The number of likely N-dealkylation sites (tertiary alicyclic amines) is 1. The Kier molecular flexibility index (Phi) is 6.86. The van der Waals surface area contributed by atoms with E-state index in [0.717, 1.165) is 11.1 Å². The Balaban J connectivity index is 1.58. The van der Waals surface area contributed by atoms with Gasteiger partial charge in [-0.05, 0) is 31.4 Å². The molecule has 1 spiro atoms. The molecule has 2 N–H and O–H groups in total. The Labute approximate surface area is 224 Å². The number of likely N-dealkylation sites (N-methyl/N-ethyl adjacent to an activating group) is 1. The molecule has 4 amide bonds. The van der Waals surface area contributed by atoms with Gasteiger partial charge in [-0.2, -0.15) is 0 Å². The standard InChI is InChI=1S/C30H36N4O4/c1-5-32(6-2)24(35)18-33-23-15-11-10-14-21(23)30(29(33)38)26-25(22(31-30)16-19(3)4)27(36)34(28(26)37)17-20-12-8-7-9-13-20/h7-15,19,22,25-26,31H,5-6,16-18H2,1-4H3/p+1/t22-,25+,26-,30-/m0/s1. The summed E-state index contributed by atoms with van der Waals surface area (Å²) in [7, 11) is 0. The molecule has 38 heavy (non-hydrogen) atoms. The van der Waals surface area contributed by atoms with Crippen LogP contribution in [-0.4, -0.2) is 59.1 Å². The number of benzene rings is 2. The molecule has 0 radical (unpaired) electrons. The van der Waals surface area contributed by atoms with E-state index in [0.29, 0.717) is 25.2 Å². The second-order valence-corrected chi connectivity index (χ2v) is 11.1. The molecule has 2 fully saturated rings. The maximum Gasteiger partial charge on any atom is 0.294 e. The van der Waals surface area contributed by atoms with Gasteiger partial charge in [0.15, 0.2) is 0 Å². The maximum atomic E-state index is 14.5. The van der Waals surface area contributed by atoms with Gasteiger partial charge in [0, 0.05) is 25.1 Å². The SMILES string of the molecule is CCN(CC)C(=O)CN1C(=O)[C@]2([NH2+][C@@H](CC(C)C)[C@H]3C(=O)N(Cc4ccccc4)C(=O)[C@H]32)c2ccccc21. The molecule has 3 aliphatic rings. The number of amides is 4. The first-order valence-corrected chi connectivity index (χ1v) is 13.7. The van der Waals surface area contributed by atoms with Crippen LogP contribution in [0.4, 0.5) is 5.69 Å². The average Bonchev–Trinajstić information content (AvgIpc) is 3.45. The monoisotopic (exact) mass is 517 g/mol. The fourth-order valence-electron chi connectivity index (χ4n) is 6.82. The number of anilines is 1. The van der Waals surface area contributed by atoms with Gasteiger partial charge in [0.2, 0.25) is 23.3 Å². The van der Waals surface area contributed by atoms with Crippen molar-refractivity contribution in [2.24, 2.45) is 17.8 Å². The summed E-state index contributed by atoms with van der Waals surface area (Å²) in [6.07, 6.45) is 0.703. The molecule has 0 aromatic heterocycles. The Bertz CT molecular complexity index is 1260. The largest absolute Gasteiger partial charge is 0.342 e. The average molecular weight is 518 g/mol. The van der Waals surface area contributed by atoms with Crippen LogP contribution in [0.5, 0.6) is 0 Å². The number of carbonyl (C=O) groups is 4. The molecule has 8 nitrogen and oxygen atoms in total. The zero-order valence-corrected chi connectivity index (χ0v) is 22.6. The molecule has 8 heteroatoms. The predicted molar refractivity (Wildman–Crippen MR) is 143 cm³/mol. The third kappa shape index (κ3) is 3.93. The normalized spacial score (nSPS) is 26.0. The van der Waals surface area contributed by atoms with E-state index in [9.17, 15) is 19.2 Å². The first-order valence-electron chi connectivity index (χ1n) is 13.7. The number of hydrogen-bond donors (Lipinski definition) is 1. The van der Waals surface area contributed by atoms with Gasteiger partial charge in [-0.3, -0.25) is 29.0 Å². The Hall–Kier alpha value is -3.52. The van der Waals surface area contributed by atoms with Gasteiger partial charge in [0.05, 0.1) is 12.2 Å². The highest BCUT2D eigenvalue weighted by molar-refractivity contribution is 6.15. The number of carbonyl (C=O) groups excluding carboxylic acids is 4. The Morgan fingerprint density at radius 3 is 2.26 bits per heavy atom. The van der Waals surface area contributed by atoms with Crippen LogP contribution in [0, 0.1) is 17.8 Å². The van der Waals surface area contributed by atoms with Crippen molar-refractivity contribution in [3.05, 3.63) is 65.7 Å². The smallest absolute Gasteiger partial charge is 0.294 e. The van der Waals surface area contributed by atoms with Crippen molar-refractivity contribution in [3.63, 3.8) is 0 Å². The zero-order chi connectivity index (χ0) is 27.2. The van der Waals surface area contributed by atoms with E-state index in [1.54, 1.807) is 9.80 Å². The van der Waals surface area contributed by atoms with Gasteiger partial charge >= 0.3 is 0 Å². The van der Waals surface area contributed by atoms with Crippen molar-refractivity contribution in [1.29, 1.82) is 0 Å². The van der Waals surface area contributed by atoms with Crippen LogP contribution >= 0.6 is 0 Å². The minimum Gasteiger partial charge on any atom is -0.342 e. The topological polar surface area (TPSA) is 94.6 Å². The highest BCUT2D eigenvalue weighted by atomic mass is 16.2. The molecule has 0 unspecified atom stereocenters. The lowest BCUT2D eigenvalue weighted by Crippen LogP contribution is -2.99. The summed E-state index contributed by atoms with van der Waals surface area (Å²) in [5.74, 6) is -2.04. The van der Waals surface area contributed by atoms with Crippen molar-refractivity contribution >= 4 is 29.3 Å². The molecular weight excluding hydrogens is 480 g/mol. The van der Waals surface area contributed by atoms with E-state index >= 15 is 0 Å². The molecule has 0 saturated carbocycles. The summed E-state index contributed by atoms with van der Waals surface area (Å²) < 4.78 is 0. The third-order valence-electron chi connectivity index (χ3n) is 8.45. The zero-order valence-electron chi connectivity index (χ0n) is 22.6. The third-order valence-corrected chi connectivity index (χ3v) is 8.45. The molecule has 2 aromatic rings. The van der Waals surface area contributed by atoms with Crippen LogP contribution in [-0.2, 0) is 31.3 Å². The van der Waals surface area contributed by atoms with Gasteiger partial charge in [-0.25, -0.2) is 0 Å². The molecular formula is C30H37N4O4+. The van der Waals surface area contributed by atoms with E-state index in [1.165, 1.54) is 4.90 Å². The predicted octanol–water partition coefficient (Wildman–Crippen LogP) is 1.89. The van der Waals surface area contributed by atoms with Crippen molar-refractivity contribution < 1.29 is 24.5 Å². The number of rotatable bonds is 8. The number of nitrogens with two attached hydrogens (primary N) is 1. The summed E-state index contributed by atoms with van der Waals surface area (Å²) in [6, 6.07) is 16.7. The molecule has 3 aliphatic heterocycles. The molecule has 2 saturated heterocycles. The first-order chi connectivity index (χ1) is 18.2. The van der Waals surface area contributed by atoms with E-state index in [4.69, 9.17) is 0 Å². The molecule has 2 aromatic carbocycles. The highest BCUT2D eigenvalue weighted by Crippen LogP contribution is 2.51. The van der Waals surface area contributed by atoms with Crippen LogP contribution < -0.4 is 10.2 Å². The fraction of sp³-hybridized carbons (Fsp3) is 0.467. The second-order valence-electron chi connectivity index (χ2n) is 11.1. The lowest BCUT2D eigenvalue weighted by Gasteiger charge is -2.28. The van der Waals surface area contributed by atoms with E-state index < -0.39 is 17.4 Å². The summed E-state index contributed by atoms with van der Waals surface area (Å²) in [5, 5.41) is 1.99. The number of para-hydroxylation sites is 1. The van der Waals surface area contributed by atoms with Crippen LogP contribution in [0.2, 0.25) is 0 Å². The van der Waals surface area contributed by atoms with Crippen molar-refractivity contribution in [2.45, 2.75) is 52.2 Å². The van der Waals surface area contributed by atoms with Crippen LogP contribution in [0.15, 0.2) is 54.6 Å². The van der Waals surface area contributed by atoms with Crippen LogP contribution in [0.3, 0.4) is 0 Å². The minimum absolute atomic E-state index is 0.0881. The Morgan fingerprint density at radius 1 is 0.947 bits per heavy atom. The summed E-state index contributed by atoms with van der Waals surface area (Å²) in [6.45, 7) is 9.23. The summed E-state index contributed by atoms with van der Waals surface area (Å²) in [4.78, 5) is 60.2. The number of imide groups is 1. The second kappa shape index (κ2) is 9.98. The van der Waals surface area contributed by atoms with E-state index in [1.807, 2.05) is 73.8 Å². The lowest BCUT2D eigenvalue weighted by atomic mass is 9.76. The van der Waals surface area contributed by atoms with E-state index in [2.05, 4.69) is 13.8 Å². The summed E-state index contributed by atoms with van der Waals surface area (Å²) >= 11 is 0. The van der Waals surface area contributed by atoms with Crippen molar-refractivity contribution in [2.75, 3.05) is 24.5 Å². The molecule has 4 atom stereocenters. The quantitative estimate of drug-likeness (QED) is 0.541. The lowest BCUT2D eigenvalue weighted by molar-refractivity contribution is -0.734. The van der Waals surface area contributed by atoms with Crippen molar-refractivity contribution in [1.82, 2.24) is 9.80 Å². The molecule has 5 rings (SSSR count). The van der Waals surface area contributed by atoms with E-state index in [-0.39, 0.29) is 48.7 Å². The van der Waals surface area contributed by atoms with Gasteiger partial charge in [-0.1, -0.05) is 62.4 Å². The minimum atomic E-state index is -1.26. The molecule has 0 aliphatic carbocycles. The Morgan fingerprint density at radius 2 is 1.61 bits per heavy atom. The van der Waals surface area contributed by atoms with Gasteiger partial charge in [0.1, 0.15) is 24.4 Å². The van der Waals surface area contributed by atoms with Gasteiger partial charge in [0.25, 0.3) is 5.91 Å². The molecule has 200 valence electrons. The number of quaternary nitrogens is 1. The van der Waals surface area contributed by atoms with Gasteiger partial charge < -0.3 is 10.2 Å². The highest BCUT2D eigenvalue weighted by Gasteiger charge is 2.75. The fourth-order valence-corrected chi connectivity index (χ4v) is 6.82. The van der Waals surface area contributed by atoms with Gasteiger partial charge in [-0.15, -0.1) is 0 Å². The van der Waals surface area contributed by atoms with Crippen LogP contribution in [0.1, 0.15) is 45.2 Å². The molecule has 3 heterocycles. The first kappa shape index (κ1) is 26.1. The maximum absolute atomic E-state index is 14.5. The number of nitrogens with zero attached hydrogens (tertiary/aromatic N) is 3. The van der Waals surface area contributed by atoms with Crippen LogP contribution in [0.25, 0.3) is 0 Å². The molecule has 0 bridgehead atoms. The number of fused-ring (bicyclic) bond motifs is 4. The van der Waals surface area contributed by atoms with Crippen molar-refractivity contribution in [3.8, 4) is 0 Å². The summed E-state index contributed by atoms with van der Waals surface area (Å²) in [5.41, 5.74) is 0.987.